The third-order valence-corrected chi connectivity index (χ3v) is 5.80. The number of carbonyl (C=O) groups excluding carboxylic acids is 1. The molecule has 4 atom stereocenters. The molecule has 0 aliphatic heterocycles. The van der Waals surface area contributed by atoms with Crippen molar-refractivity contribution in [2.45, 2.75) is 51.9 Å². The number of nitrogens with two attached hydrogens (primary N) is 1. The summed E-state index contributed by atoms with van der Waals surface area (Å²) in [6.45, 7) is 2.36. The molecule has 4 rings (SSSR count). The average Bonchev–Trinajstić information content (AvgIpc) is 2.12. The first-order valence-corrected chi connectivity index (χ1v) is 7.30. The van der Waals surface area contributed by atoms with E-state index in [0.29, 0.717) is 16.7 Å². The molecule has 0 heterocycles. The van der Waals surface area contributed by atoms with Gasteiger partial charge < -0.3 is 5.73 Å². The van der Waals surface area contributed by atoms with E-state index >= 15 is 0 Å². The van der Waals surface area contributed by atoms with Crippen molar-refractivity contribution in [2.24, 2.45) is 27.9 Å². The summed E-state index contributed by atoms with van der Waals surface area (Å²) in [5, 5.41) is 0. The van der Waals surface area contributed by atoms with Gasteiger partial charge in [-0.25, -0.2) is 0 Å². The number of alkyl halides is 1. The lowest BCUT2D eigenvalue weighted by Crippen LogP contribution is -2.60. The molecule has 4 aliphatic rings. The van der Waals surface area contributed by atoms with Gasteiger partial charge in [0.05, 0.1) is 5.41 Å². The van der Waals surface area contributed by atoms with Crippen LogP contribution in [0.2, 0.25) is 0 Å². The monoisotopic (exact) mass is 255 g/mol. The maximum Gasteiger partial charge on any atom is 0.223 e. The standard InChI is InChI=1S/C14H22ClNO/c1-12-4-10-5-13(7-12,2-3-15)9-14(6-10,8-12)11(16)17/h10H,2-9H2,1H3,(H2,16,17)/t10?,12-,13+,14?/m1/s1. The molecular formula is C14H22ClNO. The Kier molecular flexibility index (Phi) is 2.37. The van der Waals surface area contributed by atoms with E-state index in [1.54, 1.807) is 0 Å². The summed E-state index contributed by atoms with van der Waals surface area (Å²) in [7, 11) is 0. The summed E-state index contributed by atoms with van der Waals surface area (Å²) in [5.74, 6) is 1.39. The molecule has 0 saturated heterocycles. The number of carbonyl (C=O) groups is 1. The van der Waals surface area contributed by atoms with Crippen molar-refractivity contribution in [2.75, 3.05) is 5.88 Å². The summed E-state index contributed by atoms with van der Waals surface area (Å²) in [6.07, 6.45) is 7.98. The quantitative estimate of drug-likeness (QED) is 0.774. The number of amides is 1. The lowest BCUT2D eigenvalue weighted by molar-refractivity contribution is -0.171. The Morgan fingerprint density at radius 3 is 2.65 bits per heavy atom. The van der Waals surface area contributed by atoms with Crippen molar-refractivity contribution in [3.05, 3.63) is 0 Å². The minimum Gasteiger partial charge on any atom is -0.369 e. The molecule has 3 heteroatoms. The summed E-state index contributed by atoms with van der Waals surface area (Å²) in [4.78, 5) is 11.9. The second-order valence-electron chi connectivity index (χ2n) is 7.40. The van der Waals surface area contributed by atoms with Gasteiger partial charge in [0.25, 0.3) is 0 Å². The van der Waals surface area contributed by atoms with Crippen LogP contribution in [0.25, 0.3) is 0 Å². The molecule has 0 aromatic heterocycles. The minimum absolute atomic E-state index is 0.0493. The molecule has 0 spiro atoms. The first-order chi connectivity index (χ1) is 7.91. The lowest BCUT2D eigenvalue weighted by atomic mass is 9.39. The molecule has 17 heavy (non-hydrogen) atoms. The van der Waals surface area contributed by atoms with Gasteiger partial charge in [0.2, 0.25) is 5.91 Å². The van der Waals surface area contributed by atoms with Crippen LogP contribution >= 0.6 is 11.6 Å². The molecule has 2 nitrogen and oxygen atoms in total. The van der Waals surface area contributed by atoms with Crippen LogP contribution in [0.1, 0.15) is 51.9 Å². The molecule has 0 aromatic carbocycles. The van der Waals surface area contributed by atoms with Gasteiger partial charge >= 0.3 is 0 Å². The Bertz CT molecular complexity index is 371. The molecular weight excluding hydrogens is 234 g/mol. The Morgan fingerprint density at radius 1 is 1.29 bits per heavy atom. The van der Waals surface area contributed by atoms with Gasteiger partial charge in [-0.1, -0.05) is 6.92 Å². The third-order valence-electron chi connectivity index (χ3n) is 5.61. The topological polar surface area (TPSA) is 43.1 Å². The molecule has 2 unspecified atom stereocenters. The fourth-order valence-electron chi connectivity index (χ4n) is 5.89. The van der Waals surface area contributed by atoms with E-state index in [1.807, 2.05) is 0 Å². The van der Waals surface area contributed by atoms with Crippen molar-refractivity contribution in [1.82, 2.24) is 0 Å². The minimum atomic E-state index is -0.194. The summed E-state index contributed by atoms with van der Waals surface area (Å²) >= 11 is 5.99. The summed E-state index contributed by atoms with van der Waals surface area (Å²) < 4.78 is 0. The lowest BCUT2D eigenvalue weighted by Gasteiger charge is -2.65. The van der Waals surface area contributed by atoms with Gasteiger partial charge in [0, 0.05) is 5.88 Å². The average molecular weight is 256 g/mol. The Hall–Kier alpha value is -0.240. The van der Waals surface area contributed by atoms with Crippen molar-refractivity contribution >= 4 is 17.5 Å². The van der Waals surface area contributed by atoms with Gasteiger partial charge in [-0.2, -0.15) is 0 Å². The highest BCUT2D eigenvalue weighted by molar-refractivity contribution is 6.17. The predicted molar refractivity (Wildman–Crippen MR) is 68.7 cm³/mol. The van der Waals surface area contributed by atoms with E-state index in [0.717, 1.165) is 31.6 Å². The van der Waals surface area contributed by atoms with Crippen molar-refractivity contribution in [1.29, 1.82) is 0 Å². The molecule has 2 N–H and O–H groups in total. The zero-order valence-electron chi connectivity index (χ0n) is 10.6. The van der Waals surface area contributed by atoms with Crippen LogP contribution in [-0.4, -0.2) is 11.8 Å². The molecule has 4 fully saturated rings. The fourth-order valence-corrected chi connectivity index (χ4v) is 6.29. The Morgan fingerprint density at radius 2 is 2.06 bits per heavy atom. The maximum absolute atomic E-state index is 11.9. The predicted octanol–water partition coefficient (Wildman–Crippen LogP) is 3.08. The van der Waals surface area contributed by atoms with Crippen LogP contribution in [0.4, 0.5) is 0 Å². The van der Waals surface area contributed by atoms with E-state index in [-0.39, 0.29) is 11.3 Å². The van der Waals surface area contributed by atoms with Crippen LogP contribution in [0, 0.1) is 22.2 Å². The number of hydrogen-bond donors (Lipinski definition) is 1. The van der Waals surface area contributed by atoms with E-state index in [4.69, 9.17) is 17.3 Å². The van der Waals surface area contributed by atoms with E-state index in [1.165, 1.54) is 19.3 Å². The van der Waals surface area contributed by atoms with Crippen LogP contribution in [0.15, 0.2) is 0 Å². The molecule has 0 radical (unpaired) electrons. The summed E-state index contributed by atoms with van der Waals surface area (Å²) in [5.41, 5.74) is 6.21. The van der Waals surface area contributed by atoms with E-state index < -0.39 is 0 Å². The molecule has 0 aromatic rings. The van der Waals surface area contributed by atoms with E-state index in [9.17, 15) is 4.79 Å². The Labute approximate surface area is 108 Å². The maximum atomic E-state index is 11.9. The molecule has 1 amide bonds. The third kappa shape index (κ3) is 1.63. The van der Waals surface area contributed by atoms with E-state index in [2.05, 4.69) is 6.92 Å². The largest absolute Gasteiger partial charge is 0.369 e. The van der Waals surface area contributed by atoms with Gasteiger partial charge in [-0.15, -0.1) is 11.6 Å². The first kappa shape index (κ1) is 11.8. The molecule has 4 saturated carbocycles. The van der Waals surface area contributed by atoms with Crippen molar-refractivity contribution in [3.63, 3.8) is 0 Å². The van der Waals surface area contributed by atoms with Crippen LogP contribution in [0.5, 0.6) is 0 Å². The zero-order valence-corrected chi connectivity index (χ0v) is 11.4. The second kappa shape index (κ2) is 3.40. The zero-order chi connectivity index (χ0) is 12.3. The van der Waals surface area contributed by atoms with Gasteiger partial charge in [-0.05, 0) is 61.7 Å². The van der Waals surface area contributed by atoms with Crippen molar-refractivity contribution in [3.8, 4) is 0 Å². The number of hydrogen-bond acceptors (Lipinski definition) is 1. The number of primary amides is 1. The Balaban J connectivity index is 2.00. The highest BCUT2D eigenvalue weighted by atomic mass is 35.5. The first-order valence-electron chi connectivity index (χ1n) is 6.77. The highest BCUT2D eigenvalue weighted by Crippen LogP contribution is 2.70. The second-order valence-corrected chi connectivity index (χ2v) is 7.78. The van der Waals surface area contributed by atoms with Gasteiger partial charge in [0.15, 0.2) is 0 Å². The van der Waals surface area contributed by atoms with Crippen molar-refractivity contribution < 1.29 is 4.79 Å². The fraction of sp³-hybridized carbons (Fsp3) is 0.929. The smallest absolute Gasteiger partial charge is 0.223 e. The molecule has 96 valence electrons. The normalized spacial score (nSPS) is 51.8. The SMILES string of the molecule is C[C@]12CC3CC(C(N)=O)(C1)C[C@@](CCCl)(C3)C2. The van der Waals surface area contributed by atoms with Crippen LogP contribution < -0.4 is 5.73 Å². The van der Waals surface area contributed by atoms with Crippen LogP contribution in [-0.2, 0) is 4.79 Å². The number of rotatable bonds is 3. The van der Waals surface area contributed by atoms with Crippen LogP contribution in [0.3, 0.4) is 0 Å². The number of halogens is 1. The molecule has 4 aliphatic carbocycles. The molecule has 4 bridgehead atoms. The highest BCUT2D eigenvalue weighted by Gasteiger charge is 2.63. The summed E-state index contributed by atoms with van der Waals surface area (Å²) in [6, 6.07) is 0. The van der Waals surface area contributed by atoms with Gasteiger partial charge in [0.1, 0.15) is 0 Å². The van der Waals surface area contributed by atoms with Gasteiger partial charge in [-0.3, -0.25) is 4.79 Å².